The topological polar surface area (TPSA) is 55.1 Å². The van der Waals surface area contributed by atoms with Crippen LogP contribution in [0.15, 0.2) is 71.3 Å². The van der Waals surface area contributed by atoms with Gasteiger partial charge in [0.15, 0.2) is 5.82 Å². The van der Waals surface area contributed by atoms with Gasteiger partial charge in [0.25, 0.3) is 0 Å². The number of aryl methyl sites for hydroxylation is 1. The first-order valence-electron chi connectivity index (χ1n) is 9.90. The van der Waals surface area contributed by atoms with Gasteiger partial charge in [-0.2, -0.15) is 0 Å². The van der Waals surface area contributed by atoms with Gasteiger partial charge in [-0.05, 0) is 19.1 Å². The van der Waals surface area contributed by atoms with E-state index in [1.165, 1.54) is 5.56 Å². The minimum Gasteiger partial charge on any atom is -0.441 e. The molecule has 5 heteroatoms. The Bertz CT molecular complexity index is 1120. The second kappa shape index (κ2) is 7.60. The molecule has 1 aliphatic heterocycles. The van der Waals surface area contributed by atoms with Crippen LogP contribution in [0.4, 0.5) is 0 Å². The molecule has 3 heterocycles. The standard InChI is InChI=1S/C24H22N4O/c1-17-22(27-24(29-17)19-10-6-3-7-11-19)16-28-13-12-21-20(15-28)14-25-23(26-21)18-8-4-2-5-9-18/h2-11,14H,12-13,15-16H2,1H3. The molecule has 4 aromatic rings. The second-order valence-electron chi connectivity index (χ2n) is 7.38. The highest BCUT2D eigenvalue weighted by Gasteiger charge is 2.21. The minimum absolute atomic E-state index is 0.686. The zero-order chi connectivity index (χ0) is 19.6. The summed E-state index contributed by atoms with van der Waals surface area (Å²) in [7, 11) is 0. The number of hydrogen-bond donors (Lipinski definition) is 0. The Labute approximate surface area is 170 Å². The quantitative estimate of drug-likeness (QED) is 0.514. The van der Waals surface area contributed by atoms with Gasteiger partial charge in [0.2, 0.25) is 5.89 Å². The molecule has 2 aromatic carbocycles. The van der Waals surface area contributed by atoms with Crippen LogP contribution in [-0.4, -0.2) is 26.4 Å². The first kappa shape index (κ1) is 17.8. The highest BCUT2D eigenvalue weighted by Crippen LogP contribution is 2.25. The van der Waals surface area contributed by atoms with E-state index in [9.17, 15) is 0 Å². The van der Waals surface area contributed by atoms with E-state index in [2.05, 4.69) is 22.0 Å². The minimum atomic E-state index is 0.686. The Morgan fingerprint density at radius 3 is 2.41 bits per heavy atom. The number of benzene rings is 2. The van der Waals surface area contributed by atoms with Crippen LogP contribution in [-0.2, 0) is 19.5 Å². The highest BCUT2D eigenvalue weighted by molar-refractivity contribution is 5.55. The van der Waals surface area contributed by atoms with Crippen LogP contribution in [0.3, 0.4) is 0 Å². The molecule has 0 saturated heterocycles. The summed E-state index contributed by atoms with van der Waals surface area (Å²) in [6.45, 7) is 4.53. The number of aromatic nitrogens is 3. The number of fused-ring (bicyclic) bond motifs is 1. The lowest BCUT2D eigenvalue weighted by atomic mass is 10.1. The van der Waals surface area contributed by atoms with E-state index in [4.69, 9.17) is 14.4 Å². The van der Waals surface area contributed by atoms with Crippen molar-refractivity contribution in [1.29, 1.82) is 0 Å². The summed E-state index contributed by atoms with van der Waals surface area (Å²) in [6.07, 6.45) is 2.89. The van der Waals surface area contributed by atoms with Crippen molar-refractivity contribution >= 4 is 0 Å². The van der Waals surface area contributed by atoms with Gasteiger partial charge in [-0.25, -0.2) is 15.0 Å². The van der Waals surface area contributed by atoms with E-state index >= 15 is 0 Å². The summed E-state index contributed by atoms with van der Waals surface area (Å²) in [6, 6.07) is 20.2. The average molecular weight is 382 g/mol. The molecule has 0 atom stereocenters. The molecule has 2 aromatic heterocycles. The van der Waals surface area contributed by atoms with Crippen LogP contribution in [0.25, 0.3) is 22.8 Å². The first-order chi connectivity index (χ1) is 14.3. The smallest absolute Gasteiger partial charge is 0.226 e. The van der Waals surface area contributed by atoms with E-state index in [1.807, 2.05) is 61.7 Å². The van der Waals surface area contributed by atoms with Gasteiger partial charge in [-0.1, -0.05) is 48.5 Å². The maximum absolute atomic E-state index is 5.91. The molecule has 0 radical (unpaired) electrons. The Kier molecular flexibility index (Phi) is 4.66. The van der Waals surface area contributed by atoms with Crippen molar-refractivity contribution in [2.24, 2.45) is 0 Å². The van der Waals surface area contributed by atoms with Crippen molar-refractivity contribution < 1.29 is 4.42 Å². The summed E-state index contributed by atoms with van der Waals surface area (Å²) in [4.78, 5) is 16.5. The van der Waals surface area contributed by atoms with E-state index in [1.54, 1.807) is 0 Å². The third kappa shape index (κ3) is 3.69. The fraction of sp³-hybridized carbons (Fsp3) is 0.208. The van der Waals surface area contributed by atoms with E-state index in [0.717, 1.165) is 60.2 Å². The summed E-state index contributed by atoms with van der Waals surface area (Å²) in [5.74, 6) is 2.37. The maximum Gasteiger partial charge on any atom is 0.226 e. The van der Waals surface area contributed by atoms with E-state index < -0.39 is 0 Å². The molecule has 144 valence electrons. The van der Waals surface area contributed by atoms with Crippen LogP contribution in [0.5, 0.6) is 0 Å². The van der Waals surface area contributed by atoms with Gasteiger partial charge in [0, 0.05) is 48.9 Å². The van der Waals surface area contributed by atoms with Gasteiger partial charge >= 0.3 is 0 Å². The predicted molar refractivity (Wildman–Crippen MR) is 112 cm³/mol. The molecule has 0 unspecified atom stereocenters. The van der Waals surface area contributed by atoms with Crippen molar-refractivity contribution in [2.75, 3.05) is 6.54 Å². The molecule has 5 nitrogen and oxygen atoms in total. The molecule has 0 aliphatic carbocycles. The van der Waals surface area contributed by atoms with Crippen LogP contribution >= 0.6 is 0 Å². The van der Waals surface area contributed by atoms with E-state index in [-0.39, 0.29) is 0 Å². The Hall–Kier alpha value is -3.31. The largest absolute Gasteiger partial charge is 0.441 e. The average Bonchev–Trinajstić information content (AvgIpc) is 3.15. The Balaban J connectivity index is 1.32. The van der Waals surface area contributed by atoms with Crippen molar-refractivity contribution in [3.05, 3.63) is 89.6 Å². The molecule has 1 aliphatic rings. The van der Waals surface area contributed by atoms with E-state index in [0.29, 0.717) is 5.89 Å². The summed E-state index contributed by atoms with van der Waals surface area (Å²) < 4.78 is 5.91. The zero-order valence-electron chi connectivity index (χ0n) is 16.4. The molecule has 0 spiro atoms. The lowest BCUT2D eigenvalue weighted by molar-refractivity contribution is 0.239. The normalized spacial score (nSPS) is 14.0. The lowest BCUT2D eigenvalue weighted by Crippen LogP contribution is -2.31. The van der Waals surface area contributed by atoms with Gasteiger partial charge in [-0.15, -0.1) is 0 Å². The maximum atomic E-state index is 5.91. The third-order valence-electron chi connectivity index (χ3n) is 5.33. The molecular formula is C24H22N4O. The monoisotopic (exact) mass is 382 g/mol. The predicted octanol–water partition coefficient (Wildman–Crippen LogP) is 4.67. The van der Waals surface area contributed by atoms with Crippen LogP contribution in [0.1, 0.15) is 22.7 Å². The van der Waals surface area contributed by atoms with Crippen molar-refractivity contribution in [3.8, 4) is 22.8 Å². The van der Waals surface area contributed by atoms with Gasteiger partial charge in [0.05, 0.1) is 11.4 Å². The highest BCUT2D eigenvalue weighted by atomic mass is 16.4. The van der Waals surface area contributed by atoms with Crippen LogP contribution in [0.2, 0.25) is 0 Å². The summed E-state index contributed by atoms with van der Waals surface area (Å²) >= 11 is 0. The SMILES string of the molecule is Cc1oc(-c2ccccc2)nc1CN1CCc2nc(-c3ccccc3)ncc2C1. The molecule has 0 bridgehead atoms. The molecular weight excluding hydrogens is 360 g/mol. The van der Waals surface area contributed by atoms with Gasteiger partial charge in [0.1, 0.15) is 5.76 Å². The van der Waals surface area contributed by atoms with Crippen LogP contribution in [0, 0.1) is 6.92 Å². The molecule has 5 rings (SSSR count). The lowest BCUT2D eigenvalue weighted by Gasteiger charge is -2.27. The summed E-state index contributed by atoms with van der Waals surface area (Å²) in [5.41, 5.74) is 5.41. The fourth-order valence-electron chi connectivity index (χ4n) is 3.73. The number of oxazole rings is 1. The van der Waals surface area contributed by atoms with Crippen molar-refractivity contribution in [2.45, 2.75) is 26.4 Å². The van der Waals surface area contributed by atoms with Gasteiger partial charge in [-0.3, -0.25) is 4.90 Å². The number of nitrogens with zero attached hydrogens (tertiary/aromatic N) is 4. The number of rotatable bonds is 4. The second-order valence-corrected chi connectivity index (χ2v) is 7.38. The fourth-order valence-corrected chi connectivity index (χ4v) is 3.73. The van der Waals surface area contributed by atoms with Crippen LogP contribution < -0.4 is 0 Å². The third-order valence-corrected chi connectivity index (χ3v) is 5.33. The first-order valence-corrected chi connectivity index (χ1v) is 9.90. The molecule has 29 heavy (non-hydrogen) atoms. The molecule has 0 amide bonds. The Morgan fingerprint density at radius 1 is 0.931 bits per heavy atom. The van der Waals surface area contributed by atoms with Crippen molar-refractivity contribution in [3.63, 3.8) is 0 Å². The van der Waals surface area contributed by atoms with Gasteiger partial charge < -0.3 is 4.42 Å². The summed E-state index contributed by atoms with van der Waals surface area (Å²) in [5, 5.41) is 0. The zero-order valence-corrected chi connectivity index (χ0v) is 16.4. The molecule has 0 N–H and O–H groups in total. The molecule has 0 fully saturated rings. The Morgan fingerprint density at radius 2 is 1.66 bits per heavy atom. The van der Waals surface area contributed by atoms with Crippen molar-refractivity contribution in [1.82, 2.24) is 19.9 Å². The number of hydrogen-bond acceptors (Lipinski definition) is 5. The molecule has 0 saturated carbocycles.